The van der Waals surface area contributed by atoms with Crippen LogP contribution in [0.25, 0.3) is 0 Å². The molecule has 0 aromatic carbocycles. The number of nitrogens with zero attached hydrogens (tertiary/aromatic N) is 1. The Morgan fingerprint density at radius 1 is 1.67 bits per heavy atom. The van der Waals surface area contributed by atoms with Gasteiger partial charge in [0.2, 0.25) is 5.91 Å². The van der Waals surface area contributed by atoms with Crippen LogP contribution in [-0.2, 0) is 9.53 Å². The van der Waals surface area contributed by atoms with Crippen molar-refractivity contribution in [2.45, 2.75) is 26.9 Å². The second kappa shape index (κ2) is 5.55. The molecule has 0 rings (SSSR count). The highest BCUT2D eigenvalue weighted by molar-refractivity contribution is 6.05. The van der Waals surface area contributed by atoms with Crippen molar-refractivity contribution in [3.8, 4) is 0 Å². The Bertz CT molecular complexity index is 251. The molecule has 1 unspecified atom stereocenters. The van der Waals surface area contributed by atoms with Gasteiger partial charge in [0.1, 0.15) is 5.41 Å². The van der Waals surface area contributed by atoms with E-state index in [4.69, 9.17) is 15.7 Å². The monoisotopic (exact) mass is 217 g/mol. The highest BCUT2D eigenvalue weighted by Crippen LogP contribution is 2.14. The van der Waals surface area contributed by atoms with Crippen LogP contribution < -0.4 is 11.1 Å². The predicted molar refractivity (Wildman–Crippen MR) is 56.7 cm³/mol. The lowest BCUT2D eigenvalue weighted by atomic mass is 9.91. The number of methoxy groups -OCH3 is 1. The van der Waals surface area contributed by atoms with Gasteiger partial charge in [-0.05, 0) is 20.8 Å². The number of hydrogen-bond donors (Lipinski definition) is 3. The number of carbonyl (C=O) groups is 1. The van der Waals surface area contributed by atoms with Gasteiger partial charge in [-0.25, -0.2) is 0 Å². The molecule has 0 saturated heterocycles. The van der Waals surface area contributed by atoms with E-state index >= 15 is 0 Å². The highest BCUT2D eigenvalue weighted by atomic mass is 16.5. The standard InChI is InChI=1S/C9H19N3O3/c1-6(15-4)5-11-8(13)9(2,3)7(10)12-14/h6,14H,5H2,1-4H3,(H2,10,12)(H,11,13). The summed E-state index contributed by atoms with van der Waals surface area (Å²) in [5.41, 5.74) is 4.37. The van der Waals surface area contributed by atoms with Crippen molar-refractivity contribution < 1.29 is 14.7 Å². The van der Waals surface area contributed by atoms with Crippen molar-refractivity contribution in [3.63, 3.8) is 0 Å². The summed E-state index contributed by atoms with van der Waals surface area (Å²) in [7, 11) is 1.56. The van der Waals surface area contributed by atoms with Crippen LogP contribution in [0.15, 0.2) is 5.16 Å². The summed E-state index contributed by atoms with van der Waals surface area (Å²) in [5.74, 6) is -0.424. The quantitative estimate of drug-likeness (QED) is 0.259. The molecule has 1 amide bonds. The summed E-state index contributed by atoms with van der Waals surface area (Å²) in [5, 5.41) is 14.0. The van der Waals surface area contributed by atoms with Gasteiger partial charge in [0.25, 0.3) is 0 Å². The molecule has 88 valence electrons. The van der Waals surface area contributed by atoms with Crippen LogP contribution in [0.2, 0.25) is 0 Å². The Morgan fingerprint density at radius 3 is 2.60 bits per heavy atom. The van der Waals surface area contributed by atoms with Gasteiger partial charge < -0.3 is 21.0 Å². The second-order valence-electron chi connectivity index (χ2n) is 3.87. The first kappa shape index (κ1) is 13.7. The van der Waals surface area contributed by atoms with Crippen molar-refractivity contribution >= 4 is 11.7 Å². The maximum absolute atomic E-state index is 11.6. The molecule has 4 N–H and O–H groups in total. The highest BCUT2D eigenvalue weighted by Gasteiger charge is 2.32. The second-order valence-corrected chi connectivity index (χ2v) is 3.87. The Balaban J connectivity index is 4.33. The Hall–Kier alpha value is -1.30. The first-order valence-electron chi connectivity index (χ1n) is 4.65. The third-order valence-electron chi connectivity index (χ3n) is 2.27. The molecule has 0 heterocycles. The summed E-state index contributed by atoms with van der Waals surface area (Å²) in [6.45, 7) is 5.37. The largest absolute Gasteiger partial charge is 0.409 e. The number of carbonyl (C=O) groups excluding carboxylic acids is 1. The van der Waals surface area contributed by atoms with E-state index in [2.05, 4.69) is 10.5 Å². The average Bonchev–Trinajstić information content (AvgIpc) is 2.23. The van der Waals surface area contributed by atoms with Gasteiger partial charge in [-0.3, -0.25) is 4.79 Å². The molecule has 0 aliphatic rings. The van der Waals surface area contributed by atoms with Crippen LogP contribution in [0.4, 0.5) is 0 Å². The van der Waals surface area contributed by atoms with Gasteiger partial charge in [-0.1, -0.05) is 5.16 Å². The summed E-state index contributed by atoms with van der Waals surface area (Å²) < 4.78 is 4.97. The summed E-state index contributed by atoms with van der Waals surface area (Å²) >= 11 is 0. The molecule has 0 aliphatic heterocycles. The van der Waals surface area contributed by atoms with Crippen LogP contribution in [0.1, 0.15) is 20.8 Å². The Kier molecular flexibility index (Phi) is 5.07. The molecule has 0 radical (unpaired) electrons. The average molecular weight is 217 g/mol. The minimum Gasteiger partial charge on any atom is -0.409 e. The number of ether oxygens (including phenoxy) is 1. The predicted octanol–water partition coefficient (Wildman–Crippen LogP) is -0.0899. The Labute approximate surface area is 89.5 Å². The van der Waals surface area contributed by atoms with E-state index in [9.17, 15) is 4.79 Å². The first-order valence-corrected chi connectivity index (χ1v) is 4.65. The van der Waals surface area contributed by atoms with E-state index < -0.39 is 5.41 Å². The molecular weight excluding hydrogens is 198 g/mol. The number of amides is 1. The molecule has 15 heavy (non-hydrogen) atoms. The van der Waals surface area contributed by atoms with Gasteiger partial charge in [-0.15, -0.1) is 0 Å². The number of amidine groups is 1. The lowest BCUT2D eigenvalue weighted by molar-refractivity contribution is -0.126. The number of nitrogens with one attached hydrogen (secondary N) is 1. The fourth-order valence-electron chi connectivity index (χ4n) is 0.782. The topological polar surface area (TPSA) is 96.9 Å². The van der Waals surface area contributed by atoms with Gasteiger partial charge >= 0.3 is 0 Å². The number of rotatable bonds is 5. The molecule has 0 aliphatic carbocycles. The van der Waals surface area contributed by atoms with Crippen molar-refractivity contribution in [2.24, 2.45) is 16.3 Å². The van der Waals surface area contributed by atoms with Crippen LogP contribution in [0, 0.1) is 5.41 Å². The third-order valence-corrected chi connectivity index (χ3v) is 2.27. The molecule has 6 heteroatoms. The molecule has 0 spiro atoms. The van der Waals surface area contributed by atoms with E-state index in [1.165, 1.54) is 0 Å². The minimum atomic E-state index is -1.03. The van der Waals surface area contributed by atoms with Gasteiger partial charge in [0.15, 0.2) is 5.84 Å². The van der Waals surface area contributed by atoms with Crippen molar-refractivity contribution in [1.29, 1.82) is 0 Å². The molecule has 0 aromatic heterocycles. The summed E-state index contributed by atoms with van der Waals surface area (Å²) in [4.78, 5) is 11.6. The maximum atomic E-state index is 11.6. The fourth-order valence-corrected chi connectivity index (χ4v) is 0.782. The molecule has 0 aromatic rings. The van der Waals surface area contributed by atoms with E-state index in [-0.39, 0.29) is 17.8 Å². The van der Waals surface area contributed by atoms with Gasteiger partial charge in [-0.2, -0.15) is 0 Å². The lowest BCUT2D eigenvalue weighted by Gasteiger charge is -2.22. The Morgan fingerprint density at radius 2 is 2.20 bits per heavy atom. The van der Waals surface area contributed by atoms with E-state index in [1.807, 2.05) is 6.92 Å². The van der Waals surface area contributed by atoms with E-state index in [0.717, 1.165) is 0 Å². The first-order chi connectivity index (χ1) is 6.86. The van der Waals surface area contributed by atoms with Crippen molar-refractivity contribution in [1.82, 2.24) is 5.32 Å². The fraction of sp³-hybridized carbons (Fsp3) is 0.778. The number of oxime groups is 1. The molecule has 0 bridgehead atoms. The van der Waals surface area contributed by atoms with E-state index in [1.54, 1.807) is 21.0 Å². The van der Waals surface area contributed by atoms with Crippen molar-refractivity contribution in [3.05, 3.63) is 0 Å². The molecule has 0 saturated carbocycles. The molecule has 6 nitrogen and oxygen atoms in total. The lowest BCUT2D eigenvalue weighted by Crippen LogP contribution is -2.47. The van der Waals surface area contributed by atoms with Crippen LogP contribution in [-0.4, -0.2) is 36.7 Å². The number of hydrogen-bond acceptors (Lipinski definition) is 4. The zero-order chi connectivity index (χ0) is 12.1. The normalized spacial score (nSPS) is 14.8. The van der Waals surface area contributed by atoms with Crippen molar-refractivity contribution in [2.75, 3.05) is 13.7 Å². The molecule has 0 fully saturated rings. The van der Waals surface area contributed by atoms with Crippen LogP contribution >= 0.6 is 0 Å². The summed E-state index contributed by atoms with van der Waals surface area (Å²) in [6.07, 6.45) is -0.0722. The zero-order valence-electron chi connectivity index (χ0n) is 9.57. The maximum Gasteiger partial charge on any atom is 0.233 e. The minimum absolute atomic E-state index is 0.0722. The van der Waals surface area contributed by atoms with Crippen LogP contribution in [0.5, 0.6) is 0 Å². The smallest absolute Gasteiger partial charge is 0.233 e. The molecule has 1 atom stereocenters. The third kappa shape index (κ3) is 3.75. The van der Waals surface area contributed by atoms with Gasteiger partial charge in [0.05, 0.1) is 6.10 Å². The number of nitrogens with two attached hydrogens (primary N) is 1. The van der Waals surface area contributed by atoms with Crippen LogP contribution in [0.3, 0.4) is 0 Å². The van der Waals surface area contributed by atoms with E-state index in [0.29, 0.717) is 6.54 Å². The zero-order valence-corrected chi connectivity index (χ0v) is 9.57. The summed E-state index contributed by atoms with van der Waals surface area (Å²) in [6, 6.07) is 0. The molecular formula is C9H19N3O3. The SMILES string of the molecule is COC(C)CNC(=O)C(C)(C)C(N)=NO. The van der Waals surface area contributed by atoms with Gasteiger partial charge in [0, 0.05) is 13.7 Å².